The number of hydrogen-bond donors (Lipinski definition) is 2. The molecule has 0 radical (unpaired) electrons. The van der Waals surface area contributed by atoms with Gasteiger partial charge in [-0.25, -0.2) is 4.98 Å². The summed E-state index contributed by atoms with van der Waals surface area (Å²) in [6, 6.07) is 5.61. The molecule has 0 saturated carbocycles. The highest BCUT2D eigenvalue weighted by Gasteiger charge is 2.21. The van der Waals surface area contributed by atoms with Crippen LogP contribution >= 0.6 is 11.3 Å². The minimum absolute atomic E-state index is 0.00613. The van der Waals surface area contributed by atoms with E-state index in [1.165, 1.54) is 11.3 Å². The monoisotopic (exact) mass is 288 g/mol. The number of nitrogens with one attached hydrogen (secondary N) is 2. The van der Waals surface area contributed by atoms with E-state index < -0.39 is 0 Å². The molecule has 3 rings (SSSR count). The summed E-state index contributed by atoms with van der Waals surface area (Å²) in [4.78, 5) is 20.8. The van der Waals surface area contributed by atoms with Crippen LogP contribution in [0.25, 0.3) is 11.4 Å². The maximum atomic E-state index is 12.1. The van der Waals surface area contributed by atoms with Crippen molar-refractivity contribution in [1.29, 1.82) is 0 Å². The second-order valence-corrected chi connectivity index (χ2v) is 5.60. The van der Waals surface area contributed by atoms with Gasteiger partial charge in [-0.05, 0) is 31.5 Å². The Bertz CT molecular complexity index is 578. The molecule has 0 spiro atoms. The third-order valence-corrected chi connectivity index (χ3v) is 4.05. The van der Waals surface area contributed by atoms with Gasteiger partial charge in [-0.2, -0.15) is 0 Å². The minimum atomic E-state index is -0.0917. The molecule has 1 saturated heterocycles. The smallest absolute Gasteiger partial charge is 0.243 e. The predicted molar refractivity (Wildman–Crippen MR) is 79.6 cm³/mol. The third-order valence-electron chi connectivity index (χ3n) is 3.29. The number of carbonyl (C=O) groups is 1. The lowest BCUT2D eigenvalue weighted by atomic mass is 10.0. The van der Waals surface area contributed by atoms with E-state index in [-0.39, 0.29) is 11.9 Å². The Hall–Kier alpha value is -1.79. The quantitative estimate of drug-likeness (QED) is 0.909. The summed E-state index contributed by atoms with van der Waals surface area (Å²) in [5.74, 6) is 0.00613. The van der Waals surface area contributed by atoms with Crippen molar-refractivity contribution >= 4 is 22.4 Å². The lowest BCUT2D eigenvalue weighted by molar-refractivity contribution is -0.118. The molecule has 1 atom stereocenters. The van der Waals surface area contributed by atoms with Crippen LogP contribution in [0.3, 0.4) is 0 Å². The zero-order chi connectivity index (χ0) is 13.8. The molecular weight excluding hydrogens is 272 g/mol. The fourth-order valence-corrected chi connectivity index (χ4v) is 2.94. The zero-order valence-electron chi connectivity index (χ0n) is 11.0. The predicted octanol–water partition coefficient (Wildman–Crippen LogP) is 2.29. The Morgan fingerprint density at radius 1 is 1.35 bits per heavy atom. The minimum Gasteiger partial charge on any atom is -0.306 e. The van der Waals surface area contributed by atoms with Crippen LogP contribution in [0.15, 0.2) is 29.8 Å². The summed E-state index contributed by atoms with van der Waals surface area (Å²) < 4.78 is 0. The first-order valence-electron chi connectivity index (χ1n) is 6.74. The van der Waals surface area contributed by atoms with Crippen molar-refractivity contribution in [2.24, 2.45) is 0 Å². The van der Waals surface area contributed by atoms with Crippen LogP contribution in [0.2, 0.25) is 0 Å². The molecule has 0 aromatic carbocycles. The molecule has 5 nitrogen and oxygen atoms in total. The molecule has 1 fully saturated rings. The fourth-order valence-electron chi connectivity index (χ4n) is 2.23. The molecule has 2 aromatic heterocycles. The van der Waals surface area contributed by atoms with Crippen LogP contribution in [-0.2, 0) is 4.79 Å². The molecule has 2 N–H and O–H groups in total. The number of carbonyl (C=O) groups excluding carboxylic acids is 1. The van der Waals surface area contributed by atoms with Crippen LogP contribution in [0.1, 0.15) is 19.3 Å². The molecule has 1 aliphatic rings. The Kier molecular flexibility index (Phi) is 4.03. The van der Waals surface area contributed by atoms with Gasteiger partial charge >= 0.3 is 0 Å². The highest BCUT2D eigenvalue weighted by molar-refractivity contribution is 7.14. The van der Waals surface area contributed by atoms with Gasteiger partial charge in [0.05, 0.1) is 11.7 Å². The van der Waals surface area contributed by atoms with Gasteiger partial charge in [0.2, 0.25) is 5.91 Å². The summed E-state index contributed by atoms with van der Waals surface area (Å²) in [6.45, 7) is 0.912. The molecule has 104 valence electrons. The van der Waals surface area contributed by atoms with Gasteiger partial charge in [-0.15, -0.1) is 11.3 Å². The topological polar surface area (TPSA) is 66.9 Å². The van der Waals surface area contributed by atoms with Crippen LogP contribution in [-0.4, -0.2) is 28.5 Å². The average Bonchev–Trinajstić information content (AvgIpc) is 2.97. The molecule has 6 heteroatoms. The van der Waals surface area contributed by atoms with Crippen LogP contribution in [0.5, 0.6) is 0 Å². The van der Waals surface area contributed by atoms with Crippen LogP contribution in [0.4, 0.5) is 5.13 Å². The zero-order valence-corrected chi connectivity index (χ0v) is 11.8. The number of anilines is 1. The number of nitrogens with zero attached hydrogens (tertiary/aromatic N) is 2. The molecule has 1 amide bonds. The first kappa shape index (κ1) is 13.2. The highest BCUT2D eigenvalue weighted by Crippen LogP contribution is 2.23. The van der Waals surface area contributed by atoms with Crippen molar-refractivity contribution < 1.29 is 4.79 Å². The second kappa shape index (κ2) is 6.11. The van der Waals surface area contributed by atoms with Crippen molar-refractivity contribution in [3.05, 3.63) is 29.8 Å². The van der Waals surface area contributed by atoms with Crippen molar-refractivity contribution in [3.63, 3.8) is 0 Å². The van der Waals surface area contributed by atoms with Gasteiger partial charge in [0, 0.05) is 11.6 Å². The van der Waals surface area contributed by atoms with E-state index >= 15 is 0 Å². The van der Waals surface area contributed by atoms with Crippen molar-refractivity contribution in [3.8, 4) is 11.4 Å². The average molecular weight is 288 g/mol. The molecule has 20 heavy (non-hydrogen) atoms. The largest absolute Gasteiger partial charge is 0.306 e. The third kappa shape index (κ3) is 3.02. The number of amides is 1. The van der Waals surface area contributed by atoms with Gasteiger partial charge in [-0.3, -0.25) is 9.78 Å². The van der Waals surface area contributed by atoms with E-state index in [1.807, 2.05) is 23.6 Å². The Morgan fingerprint density at radius 2 is 2.30 bits per heavy atom. The maximum absolute atomic E-state index is 12.1. The number of aromatic nitrogens is 2. The maximum Gasteiger partial charge on any atom is 0.243 e. The molecule has 2 aromatic rings. The molecule has 3 heterocycles. The van der Waals surface area contributed by atoms with E-state index in [0.29, 0.717) is 5.13 Å². The van der Waals surface area contributed by atoms with Crippen LogP contribution in [0, 0.1) is 0 Å². The SMILES string of the molecule is O=C(Nc1nc(-c2ccccn2)cs1)[C@@H]1CCCCN1. The number of rotatable bonds is 3. The van der Waals surface area contributed by atoms with E-state index in [2.05, 4.69) is 20.6 Å². The summed E-state index contributed by atoms with van der Waals surface area (Å²) in [6.07, 6.45) is 4.87. The highest BCUT2D eigenvalue weighted by atomic mass is 32.1. The first-order valence-corrected chi connectivity index (χ1v) is 7.62. The Labute approximate surface area is 121 Å². The van der Waals surface area contributed by atoms with Gasteiger partial charge in [0.25, 0.3) is 0 Å². The number of piperidine rings is 1. The lowest BCUT2D eigenvalue weighted by Gasteiger charge is -2.21. The van der Waals surface area contributed by atoms with E-state index in [4.69, 9.17) is 0 Å². The first-order chi connectivity index (χ1) is 9.83. The van der Waals surface area contributed by atoms with Gasteiger partial charge in [0.15, 0.2) is 5.13 Å². The lowest BCUT2D eigenvalue weighted by Crippen LogP contribution is -2.43. The normalized spacial score (nSPS) is 18.7. The molecule has 0 unspecified atom stereocenters. The van der Waals surface area contributed by atoms with E-state index in [1.54, 1.807) is 6.20 Å². The molecule has 0 bridgehead atoms. The summed E-state index contributed by atoms with van der Waals surface area (Å²) in [5.41, 5.74) is 1.61. The number of hydrogen-bond acceptors (Lipinski definition) is 5. The summed E-state index contributed by atoms with van der Waals surface area (Å²) in [5, 5.41) is 8.65. The fraction of sp³-hybridized carbons (Fsp3) is 0.357. The molecule has 1 aliphatic heterocycles. The van der Waals surface area contributed by atoms with Gasteiger partial charge in [-0.1, -0.05) is 12.5 Å². The Morgan fingerprint density at radius 3 is 3.05 bits per heavy atom. The Balaban J connectivity index is 1.66. The number of thiazole rings is 1. The van der Waals surface area contributed by atoms with Crippen molar-refractivity contribution in [2.75, 3.05) is 11.9 Å². The standard InChI is InChI=1S/C14H16N4OS/c19-13(11-6-2-4-8-16-11)18-14-17-12(9-20-14)10-5-1-3-7-15-10/h1,3,5,7,9,11,16H,2,4,6,8H2,(H,17,18,19)/t11-/m0/s1. The van der Waals surface area contributed by atoms with E-state index in [9.17, 15) is 4.79 Å². The summed E-state index contributed by atoms with van der Waals surface area (Å²) in [7, 11) is 0. The molecule has 0 aliphatic carbocycles. The van der Waals surface area contributed by atoms with E-state index in [0.717, 1.165) is 37.2 Å². The van der Waals surface area contributed by atoms with Crippen molar-refractivity contribution in [2.45, 2.75) is 25.3 Å². The second-order valence-electron chi connectivity index (χ2n) is 4.74. The van der Waals surface area contributed by atoms with Crippen LogP contribution < -0.4 is 10.6 Å². The van der Waals surface area contributed by atoms with Crippen molar-refractivity contribution in [1.82, 2.24) is 15.3 Å². The number of pyridine rings is 1. The molecular formula is C14H16N4OS. The van der Waals surface area contributed by atoms with Gasteiger partial charge < -0.3 is 10.6 Å². The van der Waals surface area contributed by atoms with Gasteiger partial charge in [0.1, 0.15) is 5.69 Å². The summed E-state index contributed by atoms with van der Waals surface area (Å²) >= 11 is 1.43.